The van der Waals surface area contributed by atoms with Crippen LogP contribution in [0, 0.1) is 5.92 Å². The minimum atomic E-state index is -0.0946. The van der Waals surface area contributed by atoms with Gasteiger partial charge in [0.1, 0.15) is 5.75 Å². The predicted molar refractivity (Wildman–Crippen MR) is 126 cm³/mol. The molecule has 1 aromatic heterocycles. The van der Waals surface area contributed by atoms with Crippen molar-refractivity contribution in [2.75, 3.05) is 33.3 Å². The Labute approximate surface area is 190 Å². The normalized spacial score (nSPS) is 17.4. The number of aromatic nitrogens is 2. The topological polar surface area (TPSA) is 61.5 Å². The van der Waals surface area contributed by atoms with E-state index < -0.39 is 0 Å². The van der Waals surface area contributed by atoms with Crippen LogP contribution < -0.4 is 4.74 Å². The summed E-state index contributed by atoms with van der Waals surface area (Å²) in [6.07, 6.45) is 5.24. The van der Waals surface area contributed by atoms with E-state index in [1.54, 1.807) is 13.4 Å². The molecule has 1 fully saturated rings. The quantitative estimate of drug-likeness (QED) is 0.585. The molecular formula is C26H32N4O2. The van der Waals surface area contributed by atoms with E-state index in [2.05, 4.69) is 46.1 Å². The Morgan fingerprint density at radius 3 is 2.62 bits per heavy atom. The number of H-pyrrole nitrogens is 1. The molecule has 0 spiro atoms. The molecule has 168 valence electrons. The van der Waals surface area contributed by atoms with E-state index in [0.29, 0.717) is 6.42 Å². The number of aromatic amines is 1. The van der Waals surface area contributed by atoms with Crippen LogP contribution in [0.2, 0.25) is 0 Å². The first-order chi connectivity index (χ1) is 15.7. The summed E-state index contributed by atoms with van der Waals surface area (Å²) < 4.78 is 5.62. The van der Waals surface area contributed by atoms with E-state index in [0.717, 1.165) is 61.7 Å². The average molecular weight is 433 g/mol. The van der Waals surface area contributed by atoms with Crippen LogP contribution in [0.25, 0.3) is 11.1 Å². The van der Waals surface area contributed by atoms with Crippen LogP contribution in [0.5, 0.6) is 5.75 Å². The second-order valence-electron chi connectivity index (χ2n) is 8.40. The minimum Gasteiger partial charge on any atom is -0.496 e. The van der Waals surface area contributed by atoms with Gasteiger partial charge in [-0.2, -0.15) is 0 Å². The summed E-state index contributed by atoms with van der Waals surface area (Å²) in [5, 5.41) is 0. The van der Waals surface area contributed by atoms with Gasteiger partial charge in [-0.1, -0.05) is 49.4 Å². The van der Waals surface area contributed by atoms with Crippen molar-refractivity contribution in [3.63, 3.8) is 0 Å². The van der Waals surface area contributed by atoms with E-state index in [4.69, 9.17) is 4.74 Å². The molecule has 3 aromatic rings. The van der Waals surface area contributed by atoms with Crippen molar-refractivity contribution in [3.05, 3.63) is 72.3 Å². The number of amides is 1. The zero-order valence-corrected chi connectivity index (χ0v) is 19.0. The lowest BCUT2D eigenvalue weighted by molar-refractivity contribution is -0.134. The molecule has 1 saturated heterocycles. The third-order valence-electron chi connectivity index (χ3n) is 6.15. The van der Waals surface area contributed by atoms with Gasteiger partial charge in [0, 0.05) is 50.2 Å². The van der Waals surface area contributed by atoms with Gasteiger partial charge in [0.15, 0.2) is 0 Å². The Kier molecular flexibility index (Phi) is 7.22. The highest BCUT2D eigenvalue weighted by Crippen LogP contribution is 2.33. The number of carbonyl (C=O) groups is 1. The number of carbonyl (C=O) groups excluding carboxylic acids is 1. The van der Waals surface area contributed by atoms with Crippen LogP contribution in [-0.4, -0.2) is 59.0 Å². The first-order valence-electron chi connectivity index (χ1n) is 11.4. The van der Waals surface area contributed by atoms with Gasteiger partial charge in [-0.05, 0) is 30.0 Å². The molecule has 0 saturated carbocycles. The molecule has 2 heterocycles. The Morgan fingerprint density at radius 1 is 1.09 bits per heavy atom. The Morgan fingerprint density at radius 2 is 1.88 bits per heavy atom. The number of methoxy groups -OCH3 is 1. The molecule has 0 aliphatic carbocycles. The van der Waals surface area contributed by atoms with Gasteiger partial charge in [-0.3, -0.25) is 9.69 Å². The minimum absolute atomic E-state index is 0.0946. The lowest BCUT2D eigenvalue weighted by Crippen LogP contribution is -2.37. The van der Waals surface area contributed by atoms with Crippen molar-refractivity contribution in [2.24, 2.45) is 5.92 Å². The van der Waals surface area contributed by atoms with E-state index in [-0.39, 0.29) is 11.8 Å². The number of nitrogens with one attached hydrogen (secondary N) is 1. The second-order valence-corrected chi connectivity index (χ2v) is 8.40. The molecule has 1 aliphatic heterocycles. The number of imidazole rings is 1. The van der Waals surface area contributed by atoms with Gasteiger partial charge in [0.05, 0.1) is 19.4 Å². The maximum atomic E-state index is 13.5. The highest BCUT2D eigenvalue weighted by Gasteiger charge is 2.31. The Hall–Kier alpha value is -3.12. The van der Waals surface area contributed by atoms with E-state index in [9.17, 15) is 4.79 Å². The van der Waals surface area contributed by atoms with Gasteiger partial charge >= 0.3 is 0 Å². The third-order valence-corrected chi connectivity index (χ3v) is 6.15. The fraction of sp³-hybridized carbons (Fsp3) is 0.385. The number of para-hydroxylation sites is 1. The summed E-state index contributed by atoms with van der Waals surface area (Å²) in [4.78, 5) is 25.3. The predicted octanol–water partition coefficient (Wildman–Crippen LogP) is 4.00. The van der Waals surface area contributed by atoms with Gasteiger partial charge < -0.3 is 14.6 Å². The highest BCUT2D eigenvalue weighted by molar-refractivity contribution is 5.81. The highest BCUT2D eigenvalue weighted by atomic mass is 16.5. The second kappa shape index (κ2) is 10.5. The lowest BCUT2D eigenvalue weighted by atomic mass is 9.91. The number of hydrogen-bond donors (Lipinski definition) is 1. The van der Waals surface area contributed by atoms with Crippen LogP contribution in [-0.2, 0) is 17.8 Å². The van der Waals surface area contributed by atoms with E-state index >= 15 is 0 Å². The summed E-state index contributed by atoms with van der Waals surface area (Å²) in [5.74, 6) is 1.01. The first-order valence-corrected chi connectivity index (χ1v) is 11.4. The molecule has 2 aromatic carbocycles. The van der Waals surface area contributed by atoms with Crippen LogP contribution in [0.1, 0.15) is 24.6 Å². The molecule has 0 unspecified atom stereocenters. The van der Waals surface area contributed by atoms with Gasteiger partial charge in [-0.25, -0.2) is 4.98 Å². The standard InChI is InChI=1S/C26H32N4O2/c1-3-12-30-14-13-29(18-22-16-27-19-28-22)17-21(26(30)31)15-20-8-4-5-9-23(20)24-10-6-7-11-25(24)32-2/h4-11,16,19,21H,3,12-15,17-18H2,1-2H3,(H,27,28)/t21-/m0/s1. The number of benzene rings is 2. The molecule has 1 N–H and O–H groups in total. The summed E-state index contributed by atoms with van der Waals surface area (Å²) in [7, 11) is 1.70. The monoisotopic (exact) mass is 432 g/mol. The maximum absolute atomic E-state index is 13.5. The molecule has 4 rings (SSSR count). The summed E-state index contributed by atoms with van der Waals surface area (Å²) in [5.41, 5.74) is 4.44. The number of hydrogen-bond acceptors (Lipinski definition) is 4. The molecule has 0 radical (unpaired) electrons. The first kappa shape index (κ1) is 22.1. The lowest BCUT2D eigenvalue weighted by Gasteiger charge is -2.25. The Bertz CT molecular complexity index is 1020. The van der Waals surface area contributed by atoms with E-state index in [1.807, 2.05) is 35.4 Å². The van der Waals surface area contributed by atoms with Crippen molar-refractivity contribution in [2.45, 2.75) is 26.3 Å². The van der Waals surface area contributed by atoms with Crippen molar-refractivity contribution >= 4 is 5.91 Å². The smallest absolute Gasteiger partial charge is 0.227 e. The molecular weight excluding hydrogens is 400 g/mol. The van der Waals surface area contributed by atoms with Crippen molar-refractivity contribution < 1.29 is 9.53 Å². The van der Waals surface area contributed by atoms with Crippen LogP contribution in [0.15, 0.2) is 61.1 Å². The Balaban J connectivity index is 1.62. The molecule has 0 bridgehead atoms. The zero-order chi connectivity index (χ0) is 22.3. The molecule has 1 atom stereocenters. The summed E-state index contributed by atoms with van der Waals surface area (Å²) in [6, 6.07) is 16.5. The number of rotatable bonds is 8. The SMILES string of the molecule is CCCN1CCN(Cc2cnc[nH]2)C[C@H](Cc2ccccc2-c2ccccc2OC)C1=O. The van der Waals surface area contributed by atoms with Crippen molar-refractivity contribution in [3.8, 4) is 16.9 Å². The molecule has 1 aliphatic rings. The van der Waals surface area contributed by atoms with Gasteiger partial charge in [0.2, 0.25) is 5.91 Å². The fourth-order valence-electron chi connectivity index (χ4n) is 4.60. The molecule has 32 heavy (non-hydrogen) atoms. The number of nitrogens with zero attached hydrogens (tertiary/aromatic N) is 3. The maximum Gasteiger partial charge on any atom is 0.227 e. The molecule has 1 amide bonds. The zero-order valence-electron chi connectivity index (χ0n) is 19.0. The summed E-state index contributed by atoms with van der Waals surface area (Å²) in [6.45, 7) is 6.09. The van der Waals surface area contributed by atoms with Crippen LogP contribution in [0.4, 0.5) is 0 Å². The average Bonchev–Trinajstić information content (AvgIpc) is 3.29. The van der Waals surface area contributed by atoms with Gasteiger partial charge in [0.25, 0.3) is 0 Å². The van der Waals surface area contributed by atoms with Crippen LogP contribution >= 0.6 is 0 Å². The summed E-state index contributed by atoms with van der Waals surface area (Å²) >= 11 is 0. The number of ether oxygens (including phenoxy) is 1. The third kappa shape index (κ3) is 5.02. The van der Waals surface area contributed by atoms with Crippen molar-refractivity contribution in [1.82, 2.24) is 19.8 Å². The molecule has 6 heteroatoms. The molecule has 6 nitrogen and oxygen atoms in total. The fourth-order valence-corrected chi connectivity index (χ4v) is 4.60. The van der Waals surface area contributed by atoms with E-state index in [1.165, 1.54) is 5.56 Å². The van der Waals surface area contributed by atoms with Crippen LogP contribution in [0.3, 0.4) is 0 Å². The largest absolute Gasteiger partial charge is 0.496 e. The van der Waals surface area contributed by atoms with Crippen molar-refractivity contribution in [1.29, 1.82) is 0 Å². The van der Waals surface area contributed by atoms with Gasteiger partial charge in [-0.15, -0.1) is 0 Å².